The highest BCUT2D eigenvalue weighted by atomic mass is 16.5. The van der Waals surface area contributed by atoms with Crippen molar-refractivity contribution in [1.82, 2.24) is 16.0 Å². The summed E-state index contributed by atoms with van der Waals surface area (Å²) in [5.74, 6) is -1.78. The van der Waals surface area contributed by atoms with Crippen molar-refractivity contribution >= 4 is 46.7 Å². The topological polar surface area (TPSA) is 205 Å². The number of carbonyl (C=O) groups is 4. The molecule has 0 saturated carbocycles. The number of aliphatic imine (C=N–C) groups is 1. The third kappa shape index (κ3) is 6.04. The Morgan fingerprint density at radius 2 is 1.90 bits per heavy atom. The molecular formula is C26H30N8O5. The van der Waals surface area contributed by atoms with E-state index < -0.39 is 36.0 Å². The number of urea groups is 1. The SMILES string of the molecule is CCOC(=O)[C@H](CNC(=O)NC1CCN(c2ccc(C(=N)N)cc2)C1=O)NC(=O)C1=Nc2ccccc2C1N. The number of amidine groups is 1. The van der Waals surface area contributed by atoms with E-state index in [0.29, 0.717) is 35.5 Å². The number of nitrogen functional groups attached to an aromatic ring is 1. The van der Waals surface area contributed by atoms with Crippen LogP contribution in [0.2, 0.25) is 0 Å². The van der Waals surface area contributed by atoms with Gasteiger partial charge in [-0.3, -0.25) is 15.0 Å². The lowest BCUT2D eigenvalue weighted by atomic mass is 10.0. The summed E-state index contributed by atoms with van der Waals surface area (Å²) in [5, 5.41) is 15.2. The van der Waals surface area contributed by atoms with E-state index in [-0.39, 0.29) is 30.6 Å². The van der Waals surface area contributed by atoms with Crippen molar-refractivity contribution in [3.63, 3.8) is 0 Å². The van der Waals surface area contributed by atoms with Crippen molar-refractivity contribution < 1.29 is 23.9 Å². The molecule has 3 atom stereocenters. The predicted octanol–water partition coefficient (Wildman–Crippen LogP) is 0.209. The van der Waals surface area contributed by atoms with Crippen LogP contribution in [0.25, 0.3) is 0 Å². The average molecular weight is 535 g/mol. The molecule has 0 aromatic heterocycles. The summed E-state index contributed by atoms with van der Waals surface area (Å²) in [6.07, 6.45) is 0.372. The van der Waals surface area contributed by atoms with Gasteiger partial charge in [-0.05, 0) is 43.7 Å². The molecule has 2 aliphatic rings. The lowest BCUT2D eigenvalue weighted by Gasteiger charge is -2.20. The van der Waals surface area contributed by atoms with Crippen molar-refractivity contribution in [1.29, 1.82) is 5.41 Å². The number of nitrogens with one attached hydrogen (secondary N) is 4. The Hall–Kier alpha value is -4.78. The number of fused-ring (bicyclic) bond motifs is 1. The first-order valence-electron chi connectivity index (χ1n) is 12.4. The number of hydrogen-bond donors (Lipinski definition) is 6. The second-order valence-electron chi connectivity index (χ2n) is 8.96. The molecular weight excluding hydrogens is 504 g/mol. The Labute approximate surface area is 224 Å². The Bertz CT molecular complexity index is 1330. The van der Waals surface area contributed by atoms with Crippen molar-refractivity contribution in [2.24, 2.45) is 16.5 Å². The van der Waals surface area contributed by atoms with Crippen LogP contribution in [0.3, 0.4) is 0 Å². The van der Waals surface area contributed by atoms with Gasteiger partial charge in [0.15, 0.2) is 0 Å². The van der Waals surface area contributed by atoms with Crippen LogP contribution in [0.1, 0.15) is 30.5 Å². The molecule has 13 nitrogen and oxygen atoms in total. The molecule has 0 radical (unpaired) electrons. The lowest BCUT2D eigenvalue weighted by molar-refractivity contribution is -0.146. The van der Waals surface area contributed by atoms with Gasteiger partial charge in [0.2, 0.25) is 5.91 Å². The van der Waals surface area contributed by atoms with Crippen molar-refractivity contribution in [3.8, 4) is 0 Å². The number of esters is 1. The first kappa shape index (κ1) is 27.3. The third-order valence-corrected chi connectivity index (χ3v) is 6.38. The summed E-state index contributed by atoms with van der Waals surface area (Å²) in [7, 11) is 0. The molecule has 0 bridgehead atoms. The summed E-state index contributed by atoms with van der Waals surface area (Å²) >= 11 is 0. The molecule has 2 heterocycles. The smallest absolute Gasteiger partial charge is 0.330 e. The van der Waals surface area contributed by atoms with Crippen LogP contribution in [-0.4, -0.2) is 67.1 Å². The van der Waals surface area contributed by atoms with Gasteiger partial charge in [-0.2, -0.15) is 0 Å². The van der Waals surface area contributed by atoms with E-state index in [1.807, 2.05) is 0 Å². The van der Waals surface area contributed by atoms with Gasteiger partial charge >= 0.3 is 12.0 Å². The summed E-state index contributed by atoms with van der Waals surface area (Å²) in [4.78, 5) is 56.7. The van der Waals surface area contributed by atoms with E-state index in [1.165, 1.54) is 4.90 Å². The fourth-order valence-electron chi connectivity index (χ4n) is 4.35. The Morgan fingerprint density at radius 1 is 1.18 bits per heavy atom. The molecule has 13 heteroatoms. The minimum atomic E-state index is -1.21. The average Bonchev–Trinajstić information content (AvgIpc) is 3.46. The number of ether oxygens (including phenoxy) is 1. The van der Waals surface area contributed by atoms with Crippen LogP contribution in [0, 0.1) is 5.41 Å². The molecule has 2 unspecified atom stereocenters. The molecule has 8 N–H and O–H groups in total. The van der Waals surface area contributed by atoms with Gasteiger partial charge in [0.05, 0.1) is 24.9 Å². The molecule has 1 fully saturated rings. The maximum absolute atomic E-state index is 12.9. The maximum atomic E-state index is 12.9. The number of anilines is 1. The fraction of sp³-hybridized carbons (Fsp3) is 0.308. The first-order valence-corrected chi connectivity index (χ1v) is 12.4. The van der Waals surface area contributed by atoms with Crippen molar-refractivity contribution in [2.75, 3.05) is 24.6 Å². The van der Waals surface area contributed by atoms with E-state index in [0.717, 1.165) is 0 Å². The third-order valence-electron chi connectivity index (χ3n) is 6.38. The van der Waals surface area contributed by atoms with Gasteiger partial charge in [0.25, 0.3) is 5.91 Å². The van der Waals surface area contributed by atoms with E-state index in [9.17, 15) is 19.2 Å². The van der Waals surface area contributed by atoms with Gasteiger partial charge in [0.1, 0.15) is 23.6 Å². The molecule has 204 valence electrons. The van der Waals surface area contributed by atoms with Gasteiger partial charge in [0, 0.05) is 23.4 Å². The molecule has 2 aliphatic heterocycles. The molecule has 0 spiro atoms. The minimum Gasteiger partial charge on any atom is -0.464 e. The number of benzene rings is 2. The van der Waals surface area contributed by atoms with Gasteiger partial charge in [-0.25, -0.2) is 14.6 Å². The summed E-state index contributed by atoms with van der Waals surface area (Å²) in [5.41, 5.74) is 14.1. The molecule has 4 amide bonds. The number of amides is 4. The van der Waals surface area contributed by atoms with E-state index in [1.54, 1.807) is 55.5 Å². The van der Waals surface area contributed by atoms with Crippen molar-refractivity contribution in [2.45, 2.75) is 31.5 Å². The summed E-state index contributed by atoms with van der Waals surface area (Å²) in [6, 6.07) is 10.3. The molecule has 39 heavy (non-hydrogen) atoms. The number of hydrogen-bond acceptors (Lipinski definition) is 8. The van der Waals surface area contributed by atoms with Crippen LogP contribution >= 0.6 is 0 Å². The van der Waals surface area contributed by atoms with Crippen LogP contribution in [0.4, 0.5) is 16.2 Å². The molecule has 1 saturated heterocycles. The van der Waals surface area contributed by atoms with Gasteiger partial charge < -0.3 is 37.1 Å². The minimum absolute atomic E-state index is 0.0444. The Morgan fingerprint density at radius 3 is 2.56 bits per heavy atom. The fourth-order valence-corrected chi connectivity index (χ4v) is 4.35. The number of nitrogens with zero attached hydrogens (tertiary/aromatic N) is 2. The highest BCUT2D eigenvalue weighted by Gasteiger charge is 2.35. The van der Waals surface area contributed by atoms with Crippen LogP contribution in [0.5, 0.6) is 0 Å². The lowest BCUT2D eigenvalue weighted by Crippen LogP contribution is -2.54. The Kier molecular flexibility index (Phi) is 8.20. The van der Waals surface area contributed by atoms with Gasteiger partial charge in [-0.1, -0.05) is 18.2 Å². The standard InChI is InChI=1S/C26H30N8O5/c1-2-39-25(37)19(32-23(35)21-20(27)16-5-3-4-6-17(16)31-21)13-30-26(38)33-18-11-12-34(24(18)36)15-9-7-14(8-10-15)22(28)29/h3-10,18-20H,2,11-13,27H2,1H3,(H3,28,29)(H,32,35)(H2,30,33,38)/t18?,19-,20?/m0/s1. The van der Waals surface area contributed by atoms with Crippen molar-refractivity contribution in [3.05, 3.63) is 59.7 Å². The van der Waals surface area contributed by atoms with Crippen LogP contribution < -0.4 is 32.3 Å². The predicted molar refractivity (Wildman–Crippen MR) is 144 cm³/mol. The normalized spacial score (nSPS) is 18.6. The number of para-hydroxylation sites is 1. The number of carbonyl (C=O) groups excluding carboxylic acids is 4. The van der Waals surface area contributed by atoms with Crippen LogP contribution in [-0.2, 0) is 19.1 Å². The monoisotopic (exact) mass is 534 g/mol. The summed E-state index contributed by atoms with van der Waals surface area (Å²) < 4.78 is 5.05. The number of nitrogens with two attached hydrogens (primary N) is 2. The molecule has 2 aromatic rings. The highest BCUT2D eigenvalue weighted by Crippen LogP contribution is 2.32. The van der Waals surface area contributed by atoms with E-state index >= 15 is 0 Å². The van der Waals surface area contributed by atoms with E-state index in [2.05, 4.69) is 20.9 Å². The highest BCUT2D eigenvalue weighted by molar-refractivity contribution is 6.42. The second kappa shape index (κ2) is 11.7. The molecule has 0 aliphatic carbocycles. The summed E-state index contributed by atoms with van der Waals surface area (Å²) in [6.45, 7) is 1.79. The zero-order valence-electron chi connectivity index (χ0n) is 21.3. The second-order valence-corrected chi connectivity index (χ2v) is 8.96. The van der Waals surface area contributed by atoms with E-state index in [4.69, 9.17) is 21.6 Å². The first-order chi connectivity index (χ1) is 18.7. The largest absolute Gasteiger partial charge is 0.464 e. The zero-order chi connectivity index (χ0) is 28.1. The maximum Gasteiger partial charge on any atom is 0.330 e. The van der Waals surface area contributed by atoms with Crippen LogP contribution in [0.15, 0.2) is 53.5 Å². The molecule has 4 rings (SSSR count). The number of rotatable bonds is 9. The van der Waals surface area contributed by atoms with Gasteiger partial charge in [-0.15, -0.1) is 0 Å². The quantitative estimate of drug-likeness (QED) is 0.150. The molecule has 2 aromatic carbocycles. The zero-order valence-corrected chi connectivity index (χ0v) is 21.3. The Balaban J connectivity index is 1.33.